The van der Waals surface area contributed by atoms with Gasteiger partial charge in [-0.05, 0) is 24.8 Å². The molecule has 9 heteroatoms. The summed E-state index contributed by atoms with van der Waals surface area (Å²) in [7, 11) is -3.30. The van der Waals surface area contributed by atoms with Crippen LogP contribution < -0.4 is 15.4 Å². The Kier molecular flexibility index (Phi) is 7.40. The van der Waals surface area contributed by atoms with E-state index in [1.54, 1.807) is 4.90 Å². The average Bonchev–Trinajstić information content (AvgIpc) is 2.63. The summed E-state index contributed by atoms with van der Waals surface area (Å²) in [5.74, 6) is -0.208. The molecule has 1 aliphatic heterocycles. The van der Waals surface area contributed by atoms with Crippen LogP contribution in [-0.2, 0) is 21.4 Å². The second kappa shape index (κ2) is 9.54. The highest BCUT2D eigenvalue weighted by atomic mass is 32.2. The van der Waals surface area contributed by atoms with Gasteiger partial charge < -0.3 is 15.5 Å². The van der Waals surface area contributed by atoms with Crippen LogP contribution in [0, 0.1) is 0 Å². The smallest absolute Gasteiger partial charge is 0.315 e. The summed E-state index contributed by atoms with van der Waals surface area (Å²) >= 11 is 0. The van der Waals surface area contributed by atoms with Crippen molar-refractivity contribution in [2.24, 2.45) is 0 Å². The number of hydrogen-bond acceptors (Lipinski definition) is 4. The molecule has 0 bridgehead atoms. The van der Waals surface area contributed by atoms with Crippen molar-refractivity contribution in [1.29, 1.82) is 0 Å². The van der Waals surface area contributed by atoms with Gasteiger partial charge in [0, 0.05) is 25.7 Å². The molecular formula is C17H26N4O4S. The summed E-state index contributed by atoms with van der Waals surface area (Å²) < 4.78 is 25.0. The van der Waals surface area contributed by atoms with Crippen molar-refractivity contribution in [3.63, 3.8) is 0 Å². The Morgan fingerprint density at radius 1 is 1.15 bits per heavy atom. The Morgan fingerprint density at radius 3 is 2.58 bits per heavy atom. The van der Waals surface area contributed by atoms with Crippen LogP contribution in [-0.4, -0.2) is 57.2 Å². The van der Waals surface area contributed by atoms with E-state index in [1.165, 1.54) is 0 Å². The number of hydrogen-bond donors (Lipinski definition) is 3. The van der Waals surface area contributed by atoms with Crippen LogP contribution in [0.5, 0.6) is 0 Å². The Labute approximate surface area is 154 Å². The van der Waals surface area contributed by atoms with Crippen LogP contribution in [0.2, 0.25) is 0 Å². The molecule has 1 aliphatic rings. The molecule has 0 spiro atoms. The molecule has 3 N–H and O–H groups in total. The third-order valence-electron chi connectivity index (χ3n) is 4.22. The lowest BCUT2D eigenvalue weighted by Crippen LogP contribution is -2.52. The minimum Gasteiger partial charge on any atom is -0.337 e. The molecule has 2 rings (SSSR count). The van der Waals surface area contributed by atoms with Gasteiger partial charge in [-0.15, -0.1) is 0 Å². The number of likely N-dealkylation sites (tertiary alicyclic amines) is 1. The van der Waals surface area contributed by atoms with Gasteiger partial charge in [-0.3, -0.25) is 4.79 Å². The van der Waals surface area contributed by atoms with Gasteiger partial charge in [0.05, 0.1) is 12.8 Å². The zero-order valence-electron chi connectivity index (χ0n) is 14.9. The summed E-state index contributed by atoms with van der Waals surface area (Å²) in [4.78, 5) is 25.9. The summed E-state index contributed by atoms with van der Waals surface area (Å²) in [6, 6.07) is 8.89. The summed E-state index contributed by atoms with van der Waals surface area (Å²) in [6.45, 7) is 1.04. The number of carbonyl (C=O) groups is 2. The molecule has 1 atom stereocenters. The van der Waals surface area contributed by atoms with Crippen LogP contribution >= 0.6 is 0 Å². The minimum atomic E-state index is -3.30. The quantitative estimate of drug-likeness (QED) is 0.635. The van der Waals surface area contributed by atoms with Gasteiger partial charge in [0.1, 0.15) is 0 Å². The molecule has 8 nitrogen and oxygen atoms in total. The topological polar surface area (TPSA) is 108 Å². The lowest BCUT2D eigenvalue weighted by molar-refractivity contribution is -0.133. The fourth-order valence-electron chi connectivity index (χ4n) is 2.89. The van der Waals surface area contributed by atoms with E-state index >= 15 is 0 Å². The SMILES string of the molecule is CS(=O)(=O)NCC1CCCCN1C(=O)CNC(=O)NCc1ccccc1. The van der Waals surface area contributed by atoms with Gasteiger partial charge in [0.2, 0.25) is 15.9 Å². The van der Waals surface area contributed by atoms with Crippen LogP contribution in [0.15, 0.2) is 30.3 Å². The van der Waals surface area contributed by atoms with Crippen molar-refractivity contribution >= 4 is 22.0 Å². The maximum absolute atomic E-state index is 12.4. The van der Waals surface area contributed by atoms with Crippen molar-refractivity contribution in [1.82, 2.24) is 20.3 Å². The highest BCUT2D eigenvalue weighted by Gasteiger charge is 2.27. The first-order valence-corrected chi connectivity index (χ1v) is 10.5. The third kappa shape index (κ3) is 7.01. The molecule has 0 aromatic heterocycles. The first-order valence-electron chi connectivity index (χ1n) is 8.65. The van der Waals surface area contributed by atoms with E-state index in [1.807, 2.05) is 30.3 Å². The first kappa shape index (κ1) is 20.2. The predicted molar refractivity (Wildman–Crippen MR) is 98.9 cm³/mol. The number of urea groups is 1. The monoisotopic (exact) mass is 382 g/mol. The van der Waals surface area contributed by atoms with Gasteiger partial charge in [-0.2, -0.15) is 0 Å². The molecular weight excluding hydrogens is 356 g/mol. The molecule has 3 amide bonds. The van der Waals surface area contributed by atoms with E-state index in [4.69, 9.17) is 0 Å². The first-order chi connectivity index (χ1) is 12.3. The standard InChI is InChI=1S/C17H26N4O4S/c1-26(24,25)20-12-15-9-5-6-10-21(15)16(22)13-19-17(23)18-11-14-7-3-2-4-8-14/h2-4,7-8,15,20H,5-6,9-13H2,1H3,(H2,18,19,23). The number of rotatable bonds is 7. The van der Waals surface area contributed by atoms with E-state index in [0.717, 1.165) is 31.1 Å². The van der Waals surface area contributed by atoms with Gasteiger partial charge in [-0.25, -0.2) is 17.9 Å². The minimum absolute atomic E-state index is 0.115. The molecule has 1 aromatic rings. The molecule has 1 heterocycles. The molecule has 0 saturated carbocycles. The zero-order chi connectivity index (χ0) is 19.0. The Morgan fingerprint density at radius 2 is 1.88 bits per heavy atom. The third-order valence-corrected chi connectivity index (χ3v) is 4.92. The Balaban J connectivity index is 1.78. The molecule has 0 radical (unpaired) electrons. The second-order valence-corrected chi connectivity index (χ2v) is 8.21. The fraction of sp³-hybridized carbons (Fsp3) is 0.529. The van der Waals surface area contributed by atoms with Crippen molar-refractivity contribution in [2.45, 2.75) is 31.8 Å². The summed E-state index contributed by atoms with van der Waals surface area (Å²) in [5.41, 5.74) is 0.969. The lowest BCUT2D eigenvalue weighted by atomic mass is 10.0. The molecule has 1 fully saturated rings. The molecule has 1 saturated heterocycles. The van der Waals surface area contributed by atoms with E-state index < -0.39 is 16.1 Å². The highest BCUT2D eigenvalue weighted by Crippen LogP contribution is 2.16. The lowest BCUT2D eigenvalue weighted by Gasteiger charge is -2.35. The second-order valence-electron chi connectivity index (χ2n) is 6.38. The average molecular weight is 382 g/mol. The molecule has 1 aromatic carbocycles. The van der Waals surface area contributed by atoms with E-state index in [2.05, 4.69) is 15.4 Å². The molecule has 0 aliphatic carbocycles. The van der Waals surface area contributed by atoms with Crippen molar-refractivity contribution in [2.75, 3.05) is 25.9 Å². The molecule has 144 valence electrons. The van der Waals surface area contributed by atoms with Crippen LogP contribution in [0.25, 0.3) is 0 Å². The largest absolute Gasteiger partial charge is 0.337 e. The number of nitrogens with zero attached hydrogens (tertiary/aromatic N) is 1. The van der Waals surface area contributed by atoms with Crippen LogP contribution in [0.4, 0.5) is 4.79 Å². The van der Waals surface area contributed by atoms with E-state index in [-0.39, 0.29) is 25.0 Å². The number of sulfonamides is 1. The van der Waals surface area contributed by atoms with Crippen LogP contribution in [0.3, 0.4) is 0 Å². The maximum Gasteiger partial charge on any atom is 0.315 e. The number of carbonyl (C=O) groups excluding carboxylic acids is 2. The van der Waals surface area contributed by atoms with Gasteiger partial charge in [-0.1, -0.05) is 30.3 Å². The fourth-order valence-corrected chi connectivity index (χ4v) is 3.38. The molecule has 26 heavy (non-hydrogen) atoms. The summed E-state index contributed by atoms with van der Waals surface area (Å²) in [5, 5.41) is 5.26. The van der Waals surface area contributed by atoms with Gasteiger partial charge in [0.25, 0.3) is 0 Å². The number of nitrogens with one attached hydrogen (secondary N) is 3. The Hall–Kier alpha value is -2.13. The summed E-state index contributed by atoms with van der Waals surface area (Å²) in [6.07, 6.45) is 3.67. The van der Waals surface area contributed by atoms with Crippen LogP contribution in [0.1, 0.15) is 24.8 Å². The van der Waals surface area contributed by atoms with Crippen molar-refractivity contribution < 1.29 is 18.0 Å². The maximum atomic E-state index is 12.4. The van der Waals surface area contributed by atoms with E-state index in [0.29, 0.717) is 13.1 Å². The predicted octanol–water partition coefficient (Wildman–Crippen LogP) is 0.416. The highest BCUT2D eigenvalue weighted by molar-refractivity contribution is 7.88. The zero-order valence-corrected chi connectivity index (χ0v) is 15.7. The van der Waals surface area contributed by atoms with Crippen molar-refractivity contribution in [3.8, 4) is 0 Å². The van der Waals surface area contributed by atoms with Gasteiger partial charge in [0.15, 0.2) is 0 Å². The van der Waals surface area contributed by atoms with E-state index in [9.17, 15) is 18.0 Å². The number of amides is 3. The number of piperidine rings is 1. The normalized spacial score (nSPS) is 17.6. The van der Waals surface area contributed by atoms with Crippen molar-refractivity contribution in [3.05, 3.63) is 35.9 Å². The Bertz CT molecular complexity index is 709. The molecule has 1 unspecified atom stereocenters. The number of benzene rings is 1. The van der Waals surface area contributed by atoms with Gasteiger partial charge >= 0.3 is 6.03 Å².